The number of nitrogens with zero attached hydrogens (tertiary/aromatic N) is 1. The van der Waals surface area contributed by atoms with Crippen LogP contribution < -0.4 is 0 Å². The van der Waals surface area contributed by atoms with Crippen molar-refractivity contribution in [3.8, 4) is 0 Å². The van der Waals surface area contributed by atoms with Gasteiger partial charge in [0.05, 0.1) is 19.4 Å². The van der Waals surface area contributed by atoms with Crippen LogP contribution in [0.25, 0.3) is 0 Å². The lowest BCUT2D eigenvalue weighted by molar-refractivity contribution is -0.175. The number of carbonyl (C=O) groups is 4. The van der Waals surface area contributed by atoms with Crippen LogP contribution in [0.3, 0.4) is 0 Å². The predicted octanol–water partition coefficient (Wildman–Crippen LogP) is -1.11. The number of carbonyl (C=O) groups excluding carboxylic acids is 4. The Bertz CT molecular complexity index is 460. The minimum absolute atomic E-state index is 0.133. The third kappa shape index (κ3) is 1.09. The van der Waals surface area contributed by atoms with Crippen molar-refractivity contribution in [3.63, 3.8) is 0 Å². The lowest BCUT2D eigenvalue weighted by Crippen LogP contribution is -2.64. The Morgan fingerprint density at radius 3 is 2.67 bits per heavy atom. The molecular formula is C11H13NO6. The Balaban J connectivity index is 2.64. The summed E-state index contributed by atoms with van der Waals surface area (Å²) < 4.78 is 9.71. The molecule has 0 spiro atoms. The van der Waals surface area contributed by atoms with Crippen molar-refractivity contribution in [1.82, 2.24) is 4.90 Å². The van der Waals surface area contributed by atoms with Crippen molar-refractivity contribution in [2.75, 3.05) is 14.2 Å². The molecule has 1 amide bonds. The highest BCUT2D eigenvalue weighted by molar-refractivity contribution is 6.09. The van der Waals surface area contributed by atoms with E-state index in [9.17, 15) is 19.2 Å². The van der Waals surface area contributed by atoms with Gasteiger partial charge in [-0.15, -0.1) is 0 Å². The zero-order chi connectivity index (χ0) is 13.7. The maximum Gasteiger partial charge on any atom is 0.343 e. The largest absolute Gasteiger partial charge is 0.467 e. The Hall–Kier alpha value is -1.92. The summed E-state index contributed by atoms with van der Waals surface area (Å²) >= 11 is 0. The number of hydrogen-bond donors (Lipinski definition) is 0. The van der Waals surface area contributed by atoms with Crippen LogP contribution in [-0.2, 0) is 28.7 Å². The van der Waals surface area contributed by atoms with Gasteiger partial charge in [0.25, 0.3) is 0 Å². The van der Waals surface area contributed by atoms with Crippen molar-refractivity contribution in [3.05, 3.63) is 0 Å². The maximum atomic E-state index is 12.1. The van der Waals surface area contributed by atoms with Crippen LogP contribution >= 0.6 is 0 Å². The Morgan fingerprint density at radius 2 is 2.17 bits per heavy atom. The number of likely N-dealkylation sites (N-methyl/N-ethyl adjacent to an activating group) is 1. The number of methoxy groups -OCH3 is 1. The fourth-order valence-corrected chi connectivity index (χ4v) is 2.86. The van der Waals surface area contributed by atoms with Crippen LogP contribution in [0.1, 0.15) is 13.3 Å². The summed E-state index contributed by atoms with van der Waals surface area (Å²) in [6.07, 6.45) is 0.182. The van der Waals surface area contributed by atoms with Gasteiger partial charge >= 0.3 is 11.9 Å². The van der Waals surface area contributed by atoms with E-state index in [1.165, 1.54) is 14.0 Å². The van der Waals surface area contributed by atoms with Gasteiger partial charge in [0, 0.05) is 7.05 Å². The van der Waals surface area contributed by atoms with E-state index in [0.717, 1.165) is 12.0 Å². The molecule has 0 aromatic carbocycles. The highest BCUT2D eigenvalue weighted by Crippen LogP contribution is 2.50. The van der Waals surface area contributed by atoms with Crippen LogP contribution in [0.2, 0.25) is 0 Å². The van der Waals surface area contributed by atoms with Gasteiger partial charge in [-0.25, -0.2) is 4.79 Å². The number of likely N-dealkylation sites (tertiary alicyclic amines) is 1. The van der Waals surface area contributed by atoms with E-state index in [1.807, 2.05) is 0 Å². The maximum absolute atomic E-state index is 12.1. The molecular weight excluding hydrogens is 242 g/mol. The molecule has 0 aromatic rings. The van der Waals surface area contributed by atoms with E-state index in [-0.39, 0.29) is 6.42 Å². The summed E-state index contributed by atoms with van der Waals surface area (Å²) in [6, 6.07) is 0. The standard InChI is InChI=1S/C11H13NO6/c1-10-6(4-7(14)18-10)8(15)12(2)11(10,5-13)9(16)17-3/h5-6H,4H2,1-3H3/t6-,10-,11-/m0/s1. The molecule has 7 heteroatoms. The lowest BCUT2D eigenvalue weighted by atomic mass is 9.77. The van der Waals surface area contributed by atoms with Crippen LogP contribution in [-0.4, -0.2) is 54.3 Å². The number of ether oxygens (including phenoxy) is 2. The Kier molecular flexibility index (Phi) is 2.46. The summed E-state index contributed by atoms with van der Waals surface area (Å²) in [5.41, 5.74) is -3.42. The third-order valence-electron chi connectivity index (χ3n) is 3.94. The molecule has 3 atom stereocenters. The molecule has 2 fully saturated rings. The fourth-order valence-electron chi connectivity index (χ4n) is 2.86. The van der Waals surface area contributed by atoms with Crippen LogP contribution in [0.5, 0.6) is 0 Å². The molecule has 0 radical (unpaired) electrons. The van der Waals surface area contributed by atoms with Gasteiger partial charge in [-0.05, 0) is 6.92 Å². The first kappa shape index (κ1) is 12.5. The summed E-state index contributed by atoms with van der Waals surface area (Å²) in [4.78, 5) is 47.8. The van der Waals surface area contributed by atoms with E-state index in [4.69, 9.17) is 4.74 Å². The SMILES string of the molecule is COC(=O)[C@]1(C=O)N(C)C(=O)[C@@H]2CC(=O)O[C@@]21C. The fraction of sp³-hybridized carbons (Fsp3) is 0.636. The topological polar surface area (TPSA) is 90.0 Å². The molecule has 2 aliphatic heterocycles. The van der Waals surface area contributed by atoms with E-state index in [0.29, 0.717) is 6.29 Å². The van der Waals surface area contributed by atoms with Crippen molar-refractivity contribution < 1.29 is 28.7 Å². The first-order chi connectivity index (χ1) is 8.35. The smallest absolute Gasteiger partial charge is 0.343 e. The van der Waals surface area contributed by atoms with Gasteiger partial charge in [0.2, 0.25) is 11.4 Å². The van der Waals surface area contributed by atoms with Gasteiger partial charge in [-0.2, -0.15) is 0 Å². The molecule has 2 heterocycles. The summed E-state index contributed by atoms with van der Waals surface area (Å²) in [5.74, 6) is -2.81. The number of rotatable bonds is 2. The van der Waals surface area contributed by atoms with E-state index in [2.05, 4.69) is 4.74 Å². The molecule has 98 valence electrons. The second kappa shape index (κ2) is 3.54. The van der Waals surface area contributed by atoms with Gasteiger partial charge in [0.1, 0.15) is 0 Å². The molecule has 0 unspecified atom stereocenters. The number of hydrogen-bond acceptors (Lipinski definition) is 6. The van der Waals surface area contributed by atoms with Crippen molar-refractivity contribution in [2.45, 2.75) is 24.5 Å². The van der Waals surface area contributed by atoms with Crippen molar-refractivity contribution in [2.24, 2.45) is 5.92 Å². The zero-order valence-corrected chi connectivity index (χ0v) is 10.3. The second-order valence-corrected chi connectivity index (χ2v) is 4.61. The highest BCUT2D eigenvalue weighted by atomic mass is 16.6. The highest BCUT2D eigenvalue weighted by Gasteiger charge is 2.75. The second-order valence-electron chi connectivity index (χ2n) is 4.61. The van der Waals surface area contributed by atoms with E-state index < -0.39 is 34.9 Å². The molecule has 2 rings (SSSR count). The molecule has 0 saturated carbocycles. The number of esters is 2. The summed E-state index contributed by atoms with van der Waals surface area (Å²) in [7, 11) is 2.43. The van der Waals surface area contributed by atoms with Crippen LogP contribution in [0.4, 0.5) is 0 Å². The normalized spacial score (nSPS) is 38.4. The Morgan fingerprint density at radius 1 is 1.56 bits per heavy atom. The third-order valence-corrected chi connectivity index (χ3v) is 3.94. The van der Waals surface area contributed by atoms with Gasteiger partial charge in [-0.3, -0.25) is 14.4 Å². The monoisotopic (exact) mass is 255 g/mol. The van der Waals surface area contributed by atoms with E-state index in [1.54, 1.807) is 0 Å². The van der Waals surface area contributed by atoms with Crippen molar-refractivity contribution >= 4 is 24.1 Å². The molecule has 2 aliphatic rings. The number of amides is 1. The minimum atomic E-state index is -1.91. The molecule has 18 heavy (non-hydrogen) atoms. The average Bonchev–Trinajstić information content (AvgIpc) is 2.71. The quantitative estimate of drug-likeness (QED) is 0.353. The van der Waals surface area contributed by atoms with Crippen molar-refractivity contribution in [1.29, 1.82) is 0 Å². The van der Waals surface area contributed by atoms with E-state index >= 15 is 0 Å². The number of fused-ring (bicyclic) bond motifs is 1. The molecule has 0 aromatic heterocycles. The average molecular weight is 255 g/mol. The van der Waals surface area contributed by atoms with Gasteiger partial charge in [0.15, 0.2) is 11.9 Å². The lowest BCUT2D eigenvalue weighted by Gasteiger charge is -2.37. The molecule has 7 nitrogen and oxygen atoms in total. The first-order valence-corrected chi connectivity index (χ1v) is 5.39. The number of aldehydes is 1. The first-order valence-electron chi connectivity index (χ1n) is 5.39. The predicted molar refractivity (Wildman–Crippen MR) is 56.2 cm³/mol. The molecule has 0 N–H and O–H groups in total. The summed E-state index contributed by atoms with van der Waals surface area (Å²) in [5, 5.41) is 0. The summed E-state index contributed by atoms with van der Waals surface area (Å²) in [6.45, 7) is 1.41. The molecule has 0 aliphatic carbocycles. The molecule has 2 saturated heterocycles. The zero-order valence-electron chi connectivity index (χ0n) is 10.3. The van der Waals surface area contributed by atoms with Crippen LogP contribution in [0, 0.1) is 5.92 Å². The van der Waals surface area contributed by atoms with Gasteiger partial charge in [-0.1, -0.05) is 0 Å². The minimum Gasteiger partial charge on any atom is -0.467 e. The van der Waals surface area contributed by atoms with Crippen LogP contribution in [0.15, 0.2) is 0 Å². The molecule has 0 bridgehead atoms. The van der Waals surface area contributed by atoms with Gasteiger partial charge < -0.3 is 14.4 Å². The Labute approximate surface area is 103 Å².